The molecule has 0 fully saturated rings. The Morgan fingerprint density at radius 1 is 1.09 bits per heavy atom. The SMILES string of the molecule is N#C/C(=C\c1ccccc1Oc1ccc(C(F)(F)F)cc1[N+](=O)[O-])C(=O)Nc1ccccc1Cl. The molecule has 0 atom stereocenters. The maximum Gasteiger partial charge on any atom is 0.416 e. The molecule has 0 radical (unpaired) electrons. The Hall–Kier alpha value is -4.36. The van der Waals surface area contributed by atoms with Gasteiger partial charge >= 0.3 is 11.9 Å². The van der Waals surface area contributed by atoms with E-state index in [1.54, 1.807) is 30.3 Å². The van der Waals surface area contributed by atoms with Gasteiger partial charge in [0.05, 0.1) is 21.2 Å². The highest BCUT2D eigenvalue weighted by Gasteiger charge is 2.33. The van der Waals surface area contributed by atoms with Crippen LogP contribution in [-0.4, -0.2) is 10.8 Å². The first-order valence-electron chi connectivity index (χ1n) is 9.40. The normalized spacial score (nSPS) is 11.4. The molecule has 0 bridgehead atoms. The van der Waals surface area contributed by atoms with Gasteiger partial charge < -0.3 is 10.1 Å². The average molecular weight is 488 g/mol. The summed E-state index contributed by atoms with van der Waals surface area (Å²) in [5.41, 5.74) is -1.98. The Morgan fingerprint density at radius 3 is 2.41 bits per heavy atom. The highest BCUT2D eigenvalue weighted by Crippen LogP contribution is 2.38. The fraction of sp³-hybridized carbons (Fsp3) is 0.0435. The van der Waals surface area contributed by atoms with Crippen molar-refractivity contribution in [1.82, 2.24) is 0 Å². The summed E-state index contributed by atoms with van der Waals surface area (Å²) >= 11 is 6.01. The van der Waals surface area contributed by atoms with Crippen molar-refractivity contribution in [2.24, 2.45) is 0 Å². The first kappa shape index (κ1) is 24.3. The number of nitriles is 1. The number of alkyl halides is 3. The largest absolute Gasteiger partial charge is 0.449 e. The molecule has 0 spiro atoms. The van der Waals surface area contributed by atoms with Gasteiger partial charge in [0, 0.05) is 11.6 Å². The number of rotatable bonds is 6. The molecule has 0 aliphatic rings. The summed E-state index contributed by atoms with van der Waals surface area (Å²) in [6.07, 6.45) is -3.60. The smallest absolute Gasteiger partial charge is 0.416 e. The van der Waals surface area contributed by atoms with E-state index in [2.05, 4.69) is 5.32 Å². The van der Waals surface area contributed by atoms with Gasteiger partial charge in [-0.1, -0.05) is 41.9 Å². The monoisotopic (exact) mass is 487 g/mol. The van der Waals surface area contributed by atoms with Crippen molar-refractivity contribution in [2.45, 2.75) is 6.18 Å². The van der Waals surface area contributed by atoms with Crippen LogP contribution in [0.25, 0.3) is 6.08 Å². The standard InChI is InChI=1S/C23H13ClF3N3O4/c24-17-6-2-3-7-18(17)29-22(31)15(13-28)11-14-5-1-4-8-20(14)34-21-10-9-16(23(25,26)27)12-19(21)30(32)33/h1-12H,(H,29,31)/b15-11+. The van der Waals surface area contributed by atoms with Crippen LogP contribution >= 0.6 is 11.6 Å². The Morgan fingerprint density at radius 2 is 1.76 bits per heavy atom. The number of anilines is 1. The van der Waals surface area contributed by atoms with Crippen molar-refractivity contribution in [1.29, 1.82) is 5.26 Å². The number of nitro benzene ring substituents is 1. The van der Waals surface area contributed by atoms with Crippen LogP contribution in [0.1, 0.15) is 11.1 Å². The number of para-hydroxylation sites is 2. The number of carbonyl (C=O) groups is 1. The lowest BCUT2D eigenvalue weighted by Gasteiger charge is -2.12. The topological polar surface area (TPSA) is 105 Å². The van der Waals surface area contributed by atoms with Crippen molar-refractivity contribution in [3.05, 3.63) is 98.6 Å². The lowest BCUT2D eigenvalue weighted by Crippen LogP contribution is -2.13. The van der Waals surface area contributed by atoms with Gasteiger partial charge in [-0.3, -0.25) is 14.9 Å². The van der Waals surface area contributed by atoms with Crippen LogP contribution in [-0.2, 0) is 11.0 Å². The molecule has 0 saturated carbocycles. The minimum Gasteiger partial charge on any atom is -0.449 e. The highest BCUT2D eigenvalue weighted by atomic mass is 35.5. The fourth-order valence-electron chi connectivity index (χ4n) is 2.79. The molecule has 0 aliphatic heterocycles. The molecule has 11 heteroatoms. The Kier molecular flexibility index (Phi) is 7.18. The summed E-state index contributed by atoms with van der Waals surface area (Å²) in [4.78, 5) is 22.9. The van der Waals surface area contributed by atoms with Gasteiger partial charge in [-0.2, -0.15) is 18.4 Å². The maximum absolute atomic E-state index is 12.9. The number of hydrogen-bond donors (Lipinski definition) is 1. The first-order chi connectivity index (χ1) is 16.1. The average Bonchev–Trinajstić information content (AvgIpc) is 2.79. The fourth-order valence-corrected chi connectivity index (χ4v) is 2.97. The molecule has 34 heavy (non-hydrogen) atoms. The van der Waals surface area contributed by atoms with E-state index < -0.39 is 34.0 Å². The quantitative estimate of drug-likeness (QED) is 0.182. The number of nitrogens with zero attached hydrogens (tertiary/aromatic N) is 2. The lowest BCUT2D eigenvalue weighted by molar-refractivity contribution is -0.385. The molecule has 172 valence electrons. The third kappa shape index (κ3) is 5.70. The zero-order valence-electron chi connectivity index (χ0n) is 17.0. The molecule has 7 nitrogen and oxygen atoms in total. The van der Waals surface area contributed by atoms with E-state index in [1.165, 1.54) is 30.3 Å². The van der Waals surface area contributed by atoms with Crippen molar-refractivity contribution in [3.63, 3.8) is 0 Å². The van der Waals surface area contributed by atoms with Crippen molar-refractivity contribution in [2.75, 3.05) is 5.32 Å². The van der Waals surface area contributed by atoms with Crippen LogP contribution in [0, 0.1) is 21.4 Å². The number of nitro groups is 1. The summed E-state index contributed by atoms with van der Waals surface area (Å²) in [5, 5.41) is 23.5. The predicted octanol–water partition coefficient (Wildman–Crippen LogP) is 6.60. The Balaban J connectivity index is 1.95. The van der Waals surface area contributed by atoms with E-state index in [4.69, 9.17) is 16.3 Å². The molecule has 0 unspecified atom stereocenters. The molecule has 0 heterocycles. The maximum atomic E-state index is 12.9. The summed E-state index contributed by atoms with van der Waals surface area (Å²) in [7, 11) is 0. The molecule has 0 saturated heterocycles. The third-order valence-corrected chi connectivity index (χ3v) is 4.74. The Bertz CT molecular complexity index is 1330. The summed E-state index contributed by atoms with van der Waals surface area (Å²) in [6, 6.07) is 15.9. The zero-order chi connectivity index (χ0) is 24.9. The van der Waals surface area contributed by atoms with Gasteiger partial charge in [-0.25, -0.2) is 0 Å². The highest BCUT2D eigenvalue weighted by molar-refractivity contribution is 6.34. The van der Waals surface area contributed by atoms with E-state index in [-0.39, 0.29) is 27.6 Å². The number of nitrogens with one attached hydrogen (secondary N) is 1. The second-order valence-corrected chi connectivity index (χ2v) is 7.09. The van der Waals surface area contributed by atoms with Gasteiger partial charge in [0.15, 0.2) is 0 Å². The van der Waals surface area contributed by atoms with Gasteiger partial charge in [-0.05, 0) is 36.4 Å². The van der Waals surface area contributed by atoms with Crippen molar-refractivity contribution in [3.8, 4) is 17.6 Å². The van der Waals surface area contributed by atoms with Crippen LogP contribution in [0.4, 0.5) is 24.5 Å². The zero-order valence-corrected chi connectivity index (χ0v) is 17.7. The van der Waals surface area contributed by atoms with Crippen LogP contribution in [0.5, 0.6) is 11.5 Å². The van der Waals surface area contributed by atoms with Crippen molar-refractivity contribution >= 4 is 35.0 Å². The van der Waals surface area contributed by atoms with E-state index >= 15 is 0 Å². The van der Waals surface area contributed by atoms with Gasteiger partial charge in [0.25, 0.3) is 5.91 Å². The summed E-state index contributed by atoms with van der Waals surface area (Å²) < 4.78 is 44.4. The first-order valence-corrected chi connectivity index (χ1v) is 9.78. The van der Waals surface area contributed by atoms with Gasteiger partial charge in [-0.15, -0.1) is 0 Å². The van der Waals surface area contributed by atoms with Gasteiger partial charge in [0.2, 0.25) is 5.75 Å². The molecule has 3 aromatic carbocycles. The van der Waals surface area contributed by atoms with Gasteiger partial charge in [0.1, 0.15) is 17.4 Å². The number of hydrogen-bond acceptors (Lipinski definition) is 5. The molecule has 3 rings (SSSR count). The van der Waals surface area contributed by atoms with E-state index in [0.717, 1.165) is 6.07 Å². The number of halogens is 4. The molecule has 0 aliphatic carbocycles. The predicted molar refractivity (Wildman–Crippen MR) is 118 cm³/mol. The van der Waals surface area contributed by atoms with E-state index in [0.29, 0.717) is 12.1 Å². The molecule has 1 N–H and O–H groups in total. The Labute approximate surface area is 195 Å². The second-order valence-electron chi connectivity index (χ2n) is 6.68. The number of ether oxygens (including phenoxy) is 1. The van der Waals surface area contributed by atoms with Crippen LogP contribution in [0.15, 0.2) is 72.3 Å². The van der Waals surface area contributed by atoms with Crippen LogP contribution < -0.4 is 10.1 Å². The summed E-state index contributed by atoms with van der Waals surface area (Å²) in [6.45, 7) is 0. The van der Waals surface area contributed by atoms with Crippen LogP contribution in [0.3, 0.4) is 0 Å². The number of benzene rings is 3. The number of amides is 1. The summed E-state index contributed by atoms with van der Waals surface area (Å²) in [5.74, 6) is -1.24. The number of carbonyl (C=O) groups excluding carboxylic acids is 1. The minimum absolute atomic E-state index is 0.0244. The van der Waals surface area contributed by atoms with E-state index in [1.807, 2.05) is 0 Å². The molecule has 3 aromatic rings. The molecular weight excluding hydrogens is 475 g/mol. The van der Waals surface area contributed by atoms with Crippen LogP contribution in [0.2, 0.25) is 5.02 Å². The molecule has 1 amide bonds. The molecular formula is C23H13ClF3N3O4. The van der Waals surface area contributed by atoms with E-state index in [9.17, 15) is 33.3 Å². The minimum atomic E-state index is -4.78. The van der Waals surface area contributed by atoms with Crippen molar-refractivity contribution < 1.29 is 27.6 Å². The second kappa shape index (κ2) is 10.1. The third-order valence-electron chi connectivity index (χ3n) is 4.41. The lowest BCUT2D eigenvalue weighted by atomic mass is 10.1. The molecule has 0 aromatic heterocycles.